The Bertz CT molecular complexity index is 385. The number of benzene rings is 1. The van der Waals surface area contributed by atoms with E-state index in [2.05, 4.69) is 16.9 Å². The summed E-state index contributed by atoms with van der Waals surface area (Å²) in [6.07, 6.45) is 2.21. The van der Waals surface area contributed by atoms with Crippen molar-refractivity contribution in [1.29, 1.82) is 0 Å². The minimum absolute atomic E-state index is 0.198. The molecular formula is C15H23NO2S. The van der Waals surface area contributed by atoms with E-state index in [0.29, 0.717) is 18.8 Å². The molecule has 0 radical (unpaired) electrons. The molecule has 1 aromatic rings. The highest BCUT2D eigenvalue weighted by Crippen LogP contribution is 2.27. The maximum atomic E-state index is 11.9. The van der Waals surface area contributed by atoms with Crippen molar-refractivity contribution in [2.45, 2.75) is 57.1 Å². The molecule has 1 unspecified atom stereocenters. The average Bonchev–Trinajstić information content (AvgIpc) is 2.31. The molecule has 0 aliphatic heterocycles. The van der Waals surface area contributed by atoms with Crippen molar-refractivity contribution in [1.82, 2.24) is 4.72 Å². The van der Waals surface area contributed by atoms with Crippen LogP contribution in [0.2, 0.25) is 0 Å². The number of hydrogen-bond donors (Lipinski definition) is 1. The van der Waals surface area contributed by atoms with Gasteiger partial charge in [0.05, 0.1) is 18.8 Å². The number of ether oxygens (including phenoxy) is 1. The third-order valence-electron chi connectivity index (χ3n) is 3.25. The standard InChI is InChI=1S/C15H23NO2S/c1-15(2,3)19(17)16-13-9-14(10-13)18-11-12-7-5-4-6-8-12/h4-8,13-14,16H,9-11H2,1-3H3. The Balaban J connectivity index is 1.64. The lowest BCUT2D eigenvalue weighted by Crippen LogP contribution is -2.52. The second-order valence-electron chi connectivity index (χ2n) is 6.09. The van der Waals surface area contributed by atoms with Gasteiger partial charge < -0.3 is 9.29 Å². The summed E-state index contributed by atoms with van der Waals surface area (Å²) in [5, 5.41) is 0. The molecule has 0 heterocycles. The molecule has 0 bridgehead atoms. The molecule has 3 nitrogen and oxygen atoms in total. The second-order valence-corrected chi connectivity index (χ2v) is 8.08. The maximum Gasteiger partial charge on any atom is 0.136 e. The van der Waals surface area contributed by atoms with Gasteiger partial charge in [0.15, 0.2) is 0 Å². The van der Waals surface area contributed by atoms with Crippen LogP contribution in [0.1, 0.15) is 39.2 Å². The van der Waals surface area contributed by atoms with Crippen molar-refractivity contribution in [3.05, 3.63) is 35.9 Å². The van der Waals surface area contributed by atoms with E-state index >= 15 is 0 Å². The molecule has 0 spiro atoms. The summed E-state index contributed by atoms with van der Waals surface area (Å²) in [5.41, 5.74) is 1.21. The Morgan fingerprint density at radius 3 is 2.47 bits per heavy atom. The predicted molar refractivity (Wildman–Crippen MR) is 79.1 cm³/mol. The predicted octanol–water partition coefficient (Wildman–Crippen LogP) is 2.79. The van der Waals surface area contributed by atoms with Crippen LogP contribution in [0.25, 0.3) is 0 Å². The smallest absolute Gasteiger partial charge is 0.136 e. The lowest BCUT2D eigenvalue weighted by atomic mass is 9.90. The molecule has 0 amide bonds. The zero-order valence-electron chi connectivity index (χ0n) is 11.9. The van der Waals surface area contributed by atoms with Crippen molar-refractivity contribution < 1.29 is 9.29 Å². The molecule has 4 heteroatoms. The third kappa shape index (κ3) is 4.49. The Morgan fingerprint density at radius 1 is 1.26 bits per heavy atom. The first-order chi connectivity index (χ1) is 8.95. The minimum atomic E-state index is -0.976. The largest absolute Gasteiger partial charge is 0.598 e. The van der Waals surface area contributed by atoms with Crippen LogP contribution in [0.5, 0.6) is 0 Å². The maximum absolute atomic E-state index is 11.9. The van der Waals surface area contributed by atoms with E-state index < -0.39 is 11.4 Å². The summed E-state index contributed by atoms with van der Waals surface area (Å²) < 4.78 is 20.7. The first kappa shape index (κ1) is 14.9. The molecule has 106 valence electrons. The van der Waals surface area contributed by atoms with Gasteiger partial charge >= 0.3 is 0 Å². The Labute approximate surface area is 119 Å². The van der Waals surface area contributed by atoms with Crippen molar-refractivity contribution in [3.63, 3.8) is 0 Å². The molecule has 19 heavy (non-hydrogen) atoms. The van der Waals surface area contributed by atoms with Gasteiger partial charge in [-0.2, -0.15) is 0 Å². The van der Waals surface area contributed by atoms with Crippen LogP contribution in [0.15, 0.2) is 30.3 Å². The fraction of sp³-hybridized carbons (Fsp3) is 0.600. The van der Waals surface area contributed by atoms with Gasteiger partial charge in [-0.15, -0.1) is 4.72 Å². The van der Waals surface area contributed by atoms with Crippen LogP contribution in [0, 0.1) is 0 Å². The van der Waals surface area contributed by atoms with Crippen LogP contribution < -0.4 is 4.72 Å². The third-order valence-corrected chi connectivity index (χ3v) is 4.91. The Morgan fingerprint density at radius 2 is 1.89 bits per heavy atom. The molecule has 1 fully saturated rings. The molecule has 1 aromatic carbocycles. The highest BCUT2D eigenvalue weighted by atomic mass is 32.2. The number of hydrogen-bond acceptors (Lipinski definition) is 3. The van der Waals surface area contributed by atoms with Gasteiger partial charge in [-0.1, -0.05) is 30.3 Å². The van der Waals surface area contributed by atoms with E-state index in [-0.39, 0.29) is 4.75 Å². The minimum Gasteiger partial charge on any atom is -0.598 e. The highest BCUT2D eigenvalue weighted by molar-refractivity contribution is 7.90. The lowest BCUT2D eigenvalue weighted by Gasteiger charge is -2.37. The van der Waals surface area contributed by atoms with Crippen molar-refractivity contribution >= 4 is 11.4 Å². The zero-order valence-corrected chi connectivity index (χ0v) is 12.7. The molecule has 2 rings (SSSR count). The molecule has 0 saturated heterocycles. The molecule has 1 atom stereocenters. The molecule has 1 saturated carbocycles. The second kappa shape index (κ2) is 6.27. The quantitative estimate of drug-likeness (QED) is 0.844. The summed E-state index contributed by atoms with van der Waals surface area (Å²) >= 11 is -0.976. The van der Waals surface area contributed by atoms with Crippen LogP contribution in [0.4, 0.5) is 0 Å². The molecule has 1 N–H and O–H groups in total. The van der Waals surface area contributed by atoms with Crippen LogP contribution >= 0.6 is 0 Å². The van der Waals surface area contributed by atoms with E-state index in [1.165, 1.54) is 5.56 Å². The monoisotopic (exact) mass is 281 g/mol. The Kier molecular flexibility index (Phi) is 4.90. The first-order valence-corrected chi connectivity index (χ1v) is 7.94. The fourth-order valence-electron chi connectivity index (χ4n) is 1.91. The van der Waals surface area contributed by atoms with Gasteiger partial charge in [-0.3, -0.25) is 0 Å². The van der Waals surface area contributed by atoms with E-state index in [1.807, 2.05) is 39.0 Å². The van der Waals surface area contributed by atoms with Crippen LogP contribution in [-0.2, 0) is 22.7 Å². The van der Waals surface area contributed by atoms with E-state index in [0.717, 1.165) is 12.8 Å². The van der Waals surface area contributed by atoms with Crippen molar-refractivity contribution in [3.8, 4) is 0 Å². The first-order valence-electron chi connectivity index (χ1n) is 6.79. The van der Waals surface area contributed by atoms with Gasteiger partial charge in [0.2, 0.25) is 0 Å². The Hall–Kier alpha value is -0.550. The normalized spacial score (nSPS) is 24.8. The van der Waals surface area contributed by atoms with Gasteiger partial charge in [-0.25, -0.2) is 0 Å². The summed E-state index contributed by atoms with van der Waals surface area (Å²) in [6.45, 7) is 6.62. The van der Waals surface area contributed by atoms with E-state index in [9.17, 15) is 4.55 Å². The zero-order chi connectivity index (χ0) is 13.9. The fourth-order valence-corrected chi connectivity index (χ4v) is 2.76. The molecular weight excluding hydrogens is 258 g/mol. The molecule has 1 aliphatic rings. The topological polar surface area (TPSA) is 44.3 Å². The number of rotatable bonds is 5. The van der Waals surface area contributed by atoms with Gasteiger partial charge in [0.1, 0.15) is 4.75 Å². The van der Waals surface area contributed by atoms with Gasteiger partial charge in [0.25, 0.3) is 0 Å². The SMILES string of the molecule is CC(C)(C)[S+]([O-])NC1CC(OCc2ccccc2)C1. The number of nitrogens with one attached hydrogen (secondary N) is 1. The summed E-state index contributed by atoms with van der Waals surface area (Å²) in [5.74, 6) is 0. The van der Waals surface area contributed by atoms with E-state index in [4.69, 9.17) is 4.74 Å². The highest BCUT2D eigenvalue weighted by Gasteiger charge is 2.36. The van der Waals surface area contributed by atoms with Gasteiger partial charge in [0, 0.05) is 11.4 Å². The summed E-state index contributed by atoms with van der Waals surface area (Å²) in [6, 6.07) is 10.5. The van der Waals surface area contributed by atoms with Crippen molar-refractivity contribution in [2.24, 2.45) is 0 Å². The molecule has 1 aliphatic carbocycles. The van der Waals surface area contributed by atoms with Gasteiger partial charge in [-0.05, 0) is 39.2 Å². The van der Waals surface area contributed by atoms with Crippen LogP contribution in [0.3, 0.4) is 0 Å². The van der Waals surface area contributed by atoms with E-state index in [1.54, 1.807) is 0 Å². The summed E-state index contributed by atoms with van der Waals surface area (Å²) in [4.78, 5) is 0. The average molecular weight is 281 g/mol. The van der Waals surface area contributed by atoms with Crippen molar-refractivity contribution in [2.75, 3.05) is 0 Å². The van der Waals surface area contributed by atoms with Crippen LogP contribution in [-0.4, -0.2) is 21.4 Å². The lowest BCUT2D eigenvalue weighted by molar-refractivity contribution is -0.0221. The summed E-state index contributed by atoms with van der Waals surface area (Å²) in [7, 11) is 0. The molecule has 0 aromatic heterocycles.